The minimum atomic E-state index is 0. The van der Waals surface area contributed by atoms with Gasteiger partial charge >= 0.3 is 0 Å². The summed E-state index contributed by atoms with van der Waals surface area (Å²) in [4.78, 5) is 9.07. The molecule has 0 radical (unpaired) electrons. The van der Waals surface area contributed by atoms with E-state index in [1.165, 1.54) is 5.69 Å². The predicted molar refractivity (Wildman–Crippen MR) is 111 cm³/mol. The molecule has 1 aliphatic rings. The largest absolute Gasteiger partial charge is 0.337 e. The summed E-state index contributed by atoms with van der Waals surface area (Å²) in [5, 5.41) is 12.3. The molecular formula is C20H22ClN7O. The van der Waals surface area contributed by atoms with Crippen molar-refractivity contribution in [2.45, 2.75) is 33.0 Å². The quantitative estimate of drug-likeness (QED) is 0.555. The second kappa shape index (κ2) is 8.18. The van der Waals surface area contributed by atoms with Crippen LogP contribution in [0.15, 0.2) is 47.2 Å². The number of aromatic nitrogens is 6. The Kier molecular flexibility index (Phi) is 5.46. The molecule has 4 heterocycles. The van der Waals surface area contributed by atoms with Gasteiger partial charge in [0.05, 0.1) is 5.69 Å². The molecule has 3 aromatic heterocycles. The molecule has 0 bridgehead atoms. The zero-order valence-electron chi connectivity index (χ0n) is 16.1. The molecule has 1 aliphatic heterocycles. The molecule has 9 heteroatoms. The predicted octanol–water partition coefficient (Wildman–Crippen LogP) is 3.07. The van der Waals surface area contributed by atoms with E-state index >= 15 is 0 Å². The monoisotopic (exact) mass is 411 g/mol. The van der Waals surface area contributed by atoms with Crippen LogP contribution in [0.25, 0.3) is 22.9 Å². The molecule has 0 saturated heterocycles. The SMILES string of the molecule is Cc1ccccc1-c1noc(Cn2ccnc2-c2cc3n(n2)CCCNC3)n1.Cl. The van der Waals surface area contributed by atoms with Crippen molar-refractivity contribution in [2.75, 3.05) is 6.54 Å². The molecular weight excluding hydrogens is 390 g/mol. The van der Waals surface area contributed by atoms with Crippen LogP contribution in [0.4, 0.5) is 0 Å². The van der Waals surface area contributed by atoms with Gasteiger partial charge in [0.2, 0.25) is 11.7 Å². The van der Waals surface area contributed by atoms with Crippen LogP contribution in [0.3, 0.4) is 0 Å². The average Bonchev–Trinajstić information content (AvgIpc) is 3.41. The fourth-order valence-electron chi connectivity index (χ4n) is 3.54. The zero-order valence-corrected chi connectivity index (χ0v) is 16.9. The minimum Gasteiger partial charge on any atom is -0.337 e. The van der Waals surface area contributed by atoms with E-state index in [1.54, 1.807) is 6.20 Å². The summed E-state index contributed by atoms with van der Waals surface area (Å²) in [5.74, 6) is 1.95. The van der Waals surface area contributed by atoms with Crippen molar-refractivity contribution in [1.82, 2.24) is 34.8 Å². The molecule has 0 aliphatic carbocycles. The van der Waals surface area contributed by atoms with Crippen LogP contribution in [0.5, 0.6) is 0 Å². The van der Waals surface area contributed by atoms with E-state index < -0.39 is 0 Å². The first-order valence-electron chi connectivity index (χ1n) is 9.45. The van der Waals surface area contributed by atoms with Crippen molar-refractivity contribution in [3.63, 3.8) is 0 Å². The van der Waals surface area contributed by atoms with Gasteiger partial charge in [-0.15, -0.1) is 12.4 Å². The average molecular weight is 412 g/mol. The van der Waals surface area contributed by atoms with Crippen LogP contribution in [0, 0.1) is 6.92 Å². The van der Waals surface area contributed by atoms with E-state index in [2.05, 4.69) is 31.2 Å². The summed E-state index contributed by atoms with van der Waals surface area (Å²) >= 11 is 0. The summed E-state index contributed by atoms with van der Waals surface area (Å²) in [6.45, 7) is 5.27. The Labute approximate surface area is 174 Å². The molecule has 0 unspecified atom stereocenters. The molecule has 0 amide bonds. The second-order valence-corrected chi connectivity index (χ2v) is 6.98. The third-order valence-corrected chi connectivity index (χ3v) is 5.00. The highest BCUT2D eigenvalue weighted by Gasteiger charge is 2.17. The van der Waals surface area contributed by atoms with Gasteiger partial charge < -0.3 is 14.4 Å². The van der Waals surface area contributed by atoms with Gasteiger partial charge in [0, 0.05) is 31.0 Å². The number of imidazole rings is 1. The molecule has 0 spiro atoms. The lowest BCUT2D eigenvalue weighted by Gasteiger charge is -2.03. The number of hydrogen-bond donors (Lipinski definition) is 1. The maximum atomic E-state index is 5.49. The van der Waals surface area contributed by atoms with Gasteiger partial charge in [-0.3, -0.25) is 4.68 Å². The van der Waals surface area contributed by atoms with Gasteiger partial charge in [0.1, 0.15) is 12.2 Å². The highest BCUT2D eigenvalue weighted by Crippen LogP contribution is 2.22. The first kappa shape index (κ1) is 19.4. The summed E-state index contributed by atoms with van der Waals surface area (Å²) in [6.07, 6.45) is 4.76. The van der Waals surface area contributed by atoms with Gasteiger partial charge in [-0.1, -0.05) is 29.4 Å². The van der Waals surface area contributed by atoms with E-state index in [0.29, 0.717) is 18.3 Å². The number of aryl methyl sites for hydroxylation is 2. The van der Waals surface area contributed by atoms with Crippen LogP contribution in [0.2, 0.25) is 0 Å². The fourth-order valence-corrected chi connectivity index (χ4v) is 3.54. The molecule has 0 fully saturated rings. The Morgan fingerprint density at radius 2 is 2.14 bits per heavy atom. The first-order chi connectivity index (χ1) is 13.8. The number of hydrogen-bond acceptors (Lipinski definition) is 6. The third kappa shape index (κ3) is 3.81. The molecule has 29 heavy (non-hydrogen) atoms. The molecule has 1 aromatic carbocycles. The van der Waals surface area contributed by atoms with Crippen molar-refractivity contribution < 1.29 is 4.52 Å². The van der Waals surface area contributed by atoms with E-state index in [1.807, 2.05) is 42.0 Å². The van der Waals surface area contributed by atoms with Crippen molar-refractivity contribution in [3.05, 3.63) is 59.9 Å². The van der Waals surface area contributed by atoms with Crippen LogP contribution in [0.1, 0.15) is 23.6 Å². The van der Waals surface area contributed by atoms with Crippen molar-refractivity contribution in [3.8, 4) is 22.9 Å². The lowest BCUT2D eigenvalue weighted by molar-refractivity contribution is 0.372. The number of nitrogens with zero attached hydrogens (tertiary/aromatic N) is 6. The Morgan fingerprint density at radius 3 is 3.03 bits per heavy atom. The van der Waals surface area contributed by atoms with Gasteiger partial charge in [0.15, 0.2) is 5.82 Å². The third-order valence-electron chi connectivity index (χ3n) is 5.00. The molecule has 5 rings (SSSR count). The van der Waals surface area contributed by atoms with Crippen molar-refractivity contribution in [2.24, 2.45) is 0 Å². The van der Waals surface area contributed by atoms with Gasteiger partial charge in [-0.05, 0) is 31.5 Å². The molecule has 0 atom stereocenters. The number of benzene rings is 1. The van der Waals surface area contributed by atoms with Gasteiger partial charge in [-0.25, -0.2) is 4.98 Å². The maximum Gasteiger partial charge on any atom is 0.246 e. The molecule has 8 nitrogen and oxygen atoms in total. The number of rotatable bonds is 4. The van der Waals surface area contributed by atoms with Crippen LogP contribution in [-0.4, -0.2) is 36.0 Å². The molecule has 1 N–H and O–H groups in total. The zero-order chi connectivity index (χ0) is 18.9. The normalized spacial score (nSPS) is 13.6. The van der Waals surface area contributed by atoms with E-state index in [9.17, 15) is 0 Å². The van der Waals surface area contributed by atoms with Crippen LogP contribution < -0.4 is 5.32 Å². The number of fused-ring (bicyclic) bond motifs is 1. The Balaban J connectivity index is 0.00000205. The molecule has 4 aromatic rings. The maximum absolute atomic E-state index is 5.49. The topological polar surface area (TPSA) is 86.6 Å². The van der Waals surface area contributed by atoms with Crippen molar-refractivity contribution in [1.29, 1.82) is 0 Å². The lowest BCUT2D eigenvalue weighted by atomic mass is 10.1. The summed E-state index contributed by atoms with van der Waals surface area (Å²) < 4.78 is 9.55. The smallest absolute Gasteiger partial charge is 0.246 e. The Morgan fingerprint density at radius 1 is 1.24 bits per heavy atom. The van der Waals surface area contributed by atoms with E-state index in [4.69, 9.17) is 9.62 Å². The van der Waals surface area contributed by atoms with E-state index in [0.717, 1.165) is 48.7 Å². The van der Waals surface area contributed by atoms with Crippen LogP contribution >= 0.6 is 12.4 Å². The van der Waals surface area contributed by atoms with Gasteiger partial charge in [-0.2, -0.15) is 10.1 Å². The van der Waals surface area contributed by atoms with Crippen molar-refractivity contribution >= 4 is 12.4 Å². The Hall–Kier alpha value is -2.97. The second-order valence-electron chi connectivity index (χ2n) is 6.98. The molecule has 150 valence electrons. The van der Waals surface area contributed by atoms with E-state index in [-0.39, 0.29) is 12.4 Å². The number of halogens is 1. The summed E-state index contributed by atoms with van der Waals surface area (Å²) in [5.41, 5.74) is 4.14. The first-order valence-corrected chi connectivity index (χ1v) is 9.45. The lowest BCUT2D eigenvalue weighted by Crippen LogP contribution is -2.11. The highest BCUT2D eigenvalue weighted by molar-refractivity contribution is 5.85. The molecule has 0 saturated carbocycles. The van der Waals surface area contributed by atoms with Crippen LogP contribution in [-0.2, 0) is 19.6 Å². The Bertz CT molecular complexity index is 1090. The van der Waals surface area contributed by atoms with Gasteiger partial charge in [0.25, 0.3) is 0 Å². The summed E-state index contributed by atoms with van der Waals surface area (Å²) in [6, 6.07) is 10.1. The summed E-state index contributed by atoms with van der Waals surface area (Å²) in [7, 11) is 0. The minimum absolute atomic E-state index is 0. The standard InChI is InChI=1S/C20H21N7O.ClH/c1-14-5-2-3-6-16(14)19-23-18(28-25-19)13-26-10-8-22-20(26)17-11-15-12-21-7-4-9-27(15)24-17;/h2-3,5-6,8,10-11,21H,4,7,9,12-13H2,1H3;1H. The fraction of sp³-hybridized carbons (Fsp3) is 0.300. The number of nitrogens with one attached hydrogen (secondary N) is 1. The highest BCUT2D eigenvalue weighted by atomic mass is 35.5.